The minimum Gasteiger partial charge on any atom is -0.477 e. The zero-order valence-electron chi connectivity index (χ0n) is 52.5. The maximum Gasteiger partial charge on any atom is 0.361 e. The lowest BCUT2D eigenvalue weighted by Crippen LogP contribution is -2.40. The number of likely N-dealkylation sites (N-methyl/N-ethyl adjacent to an activating group) is 1. The van der Waals surface area contributed by atoms with Gasteiger partial charge in [0.25, 0.3) is 6.29 Å². The summed E-state index contributed by atoms with van der Waals surface area (Å²) in [5, 5.41) is 9.72. The molecular formula is C71H124NO8+. The summed E-state index contributed by atoms with van der Waals surface area (Å²) >= 11 is 0. The SMILES string of the molecule is CC/C=C\C/C=C\C/C=C\C/C=C\C/C=C\C/C=C\CCCCCCCCCCCCCCCCCCCCC(=O)OC(COC(=O)CCCCCCCCC/C=C\C/C=C\CCCCCC)COC(OCC[N+](C)(C)C)C(=O)O. The van der Waals surface area contributed by atoms with E-state index in [0.29, 0.717) is 17.4 Å². The number of hydrogen-bond acceptors (Lipinski definition) is 7. The van der Waals surface area contributed by atoms with Crippen LogP contribution in [0.25, 0.3) is 0 Å². The van der Waals surface area contributed by atoms with E-state index in [1.165, 1.54) is 154 Å². The van der Waals surface area contributed by atoms with Gasteiger partial charge >= 0.3 is 17.9 Å². The van der Waals surface area contributed by atoms with E-state index in [9.17, 15) is 19.5 Å². The summed E-state index contributed by atoms with van der Waals surface area (Å²) in [6, 6.07) is 0. The summed E-state index contributed by atoms with van der Waals surface area (Å²) in [5.74, 6) is -2.01. The van der Waals surface area contributed by atoms with Crippen molar-refractivity contribution in [3.63, 3.8) is 0 Å². The van der Waals surface area contributed by atoms with Crippen LogP contribution in [0.15, 0.2) is 97.2 Å². The molecule has 1 N–H and O–H groups in total. The molecule has 9 heteroatoms. The Kier molecular flexibility index (Phi) is 58.4. The third-order valence-electron chi connectivity index (χ3n) is 14.1. The predicted molar refractivity (Wildman–Crippen MR) is 341 cm³/mol. The molecule has 2 unspecified atom stereocenters. The number of esters is 2. The highest BCUT2D eigenvalue weighted by Gasteiger charge is 2.25. The average molecular weight is 1120 g/mol. The molecule has 0 aromatic carbocycles. The van der Waals surface area contributed by atoms with E-state index in [1.807, 2.05) is 21.1 Å². The Morgan fingerprint density at radius 2 is 0.713 bits per heavy atom. The van der Waals surface area contributed by atoms with Gasteiger partial charge in [0, 0.05) is 12.8 Å². The molecular weight excluding hydrogens is 995 g/mol. The predicted octanol–water partition coefficient (Wildman–Crippen LogP) is 20.1. The lowest BCUT2D eigenvalue weighted by molar-refractivity contribution is -0.870. The van der Waals surface area contributed by atoms with Gasteiger partial charge in [-0.15, -0.1) is 0 Å². The van der Waals surface area contributed by atoms with Crippen molar-refractivity contribution in [2.75, 3.05) is 47.5 Å². The summed E-state index contributed by atoms with van der Waals surface area (Å²) in [5.41, 5.74) is 0. The molecule has 0 fully saturated rings. The van der Waals surface area contributed by atoms with E-state index >= 15 is 0 Å². The van der Waals surface area contributed by atoms with Crippen LogP contribution in [0.2, 0.25) is 0 Å². The van der Waals surface area contributed by atoms with Gasteiger partial charge in [0.2, 0.25) is 0 Å². The molecule has 0 saturated heterocycles. The maximum atomic E-state index is 12.9. The van der Waals surface area contributed by atoms with Crippen LogP contribution >= 0.6 is 0 Å². The van der Waals surface area contributed by atoms with Crippen LogP contribution in [-0.4, -0.2) is 87.4 Å². The molecule has 0 aromatic heterocycles. The van der Waals surface area contributed by atoms with Crippen LogP contribution in [-0.2, 0) is 33.3 Å². The smallest absolute Gasteiger partial charge is 0.361 e. The summed E-state index contributed by atoms with van der Waals surface area (Å²) < 4.78 is 22.9. The minimum absolute atomic E-state index is 0.184. The third-order valence-corrected chi connectivity index (χ3v) is 14.1. The Balaban J connectivity index is 4.08. The van der Waals surface area contributed by atoms with Crippen molar-refractivity contribution in [2.24, 2.45) is 0 Å². The number of carbonyl (C=O) groups excluding carboxylic acids is 2. The van der Waals surface area contributed by atoms with E-state index < -0.39 is 24.3 Å². The Morgan fingerprint density at radius 1 is 0.388 bits per heavy atom. The number of ether oxygens (including phenoxy) is 4. The van der Waals surface area contributed by atoms with Crippen molar-refractivity contribution >= 4 is 17.9 Å². The Hall–Kier alpha value is -3.79. The van der Waals surface area contributed by atoms with Crippen LogP contribution in [0, 0.1) is 0 Å². The van der Waals surface area contributed by atoms with Crippen LogP contribution in [0.4, 0.5) is 0 Å². The maximum absolute atomic E-state index is 12.9. The number of hydrogen-bond donors (Lipinski definition) is 1. The highest BCUT2D eigenvalue weighted by Crippen LogP contribution is 2.17. The summed E-state index contributed by atoms with van der Waals surface area (Å²) in [6.07, 6.45) is 80.8. The van der Waals surface area contributed by atoms with Crippen LogP contribution in [0.5, 0.6) is 0 Å². The fourth-order valence-electron chi connectivity index (χ4n) is 9.05. The van der Waals surface area contributed by atoms with E-state index in [2.05, 4.69) is 111 Å². The van der Waals surface area contributed by atoms with Crippen molar-refractivity contribution in [3.05, 3.63) is 97.2 Å². The number of allylic oxidation sites excluding steroid dienone is 16. The van der Waals surface area contributed by atoms with Crippen molar-refractivity contribution in [3.8, 4) is 0 Å². The lowest BCUT2D eigenvalue weighted by atomic mass is 10.0. The van der Waals surface area contributed by atoms with Crippen molar-refractivity contribution in [1.29, 1.82) is 0 Å². The average Bonchev–Trinajstić information content (AvgIpc) is 3.43. The highest BCUT2D eigenvalue weighted by atomic mass is 16.7. The lowest BCUT2D eigenvalue weighted by Gasteiger charge is -2.25. The second-order valence-electron chi connectivity index (χ2n) is 23.0. The van der Waals surface area contributed by atoms with Gasteiger partial charge in [0.05, 0.1) is 34.4 Å². The minimum atomic E-state index is -1.51. The number of carboxylic acid groups (broad SMARTS) is 1. The molecule has 0 aliphatic heterocycles. The molecule has 2 atom stereocenters. The van der Waals surface area contributed by atoms with Crippen molar-refractivity contribution < 1.29 is 42.9 Å². The molecule has 80 heavy (non-hydrogen) atoms. The highest BCUT2D eigenvalue weighted by molar-refractivity contribution is 5.71. The van der Waals surface area contributed by atoms with Gasteiger partial charge in [0.15, 0.2) is 6.10 Å². The molecule has 460 valence electrons. The van der Waals surface area contributed by atoms with Crippen LogP contribution in [0.3, 0.4) is 0 Å². The first kappa shape index (κ1) is 76.2. The Morgan fingerprint density at radius 3 is 1.06 bits per heavy atom. The van der Waals surface area contributed by atoms with Gasteiger partial charge in [0.1, 0.15) is 13.2 Å². The summed E-state index contributed by atoms with van der Waals surface area (Å²) in [4.78, 5) is 37.5. The molecule has 0 radical (unpaired) electrons. The molecule has 0 saturated carbocycles. The molecule has 0 heterocycles. The quantitative estimate of drug-likeness (QED) is 0.0211. The largest absolute Gasteiger partial charge is 0.477 e. The van der Waals surface area contributed by atoms with E-state index in [-0.39, 0.29) is 32.2 Å². The second kappa shape index (κ2) is 61.3. The number of nitrogens with zero attached hydrogens (tertiary/aromatic N) is 1. The number of carboxylic acids is 1. The summed E-state index contributed by atoms with van der Waals surface area (Å²) in [7, 11) is 5.97. The summed E-state index contributed by atoms with van der Waals surface area (Å²) in [6.45, 7) is 4.75. The van der Waals surface area contributed by atoms with Gasteiger partial charge in [-0.3, -0.25) is 9.59 Å². The Bertz CT molecular complexity index is 1630. The first-order valence-corrected chi connectivity index (χ1v) is 32.9. The standard InChI is InChI=1S/C71H123NO8/c1-6-8-10-12-14-16-18-20-22-24-26-27-28-29-30-31-32-33-34-35-36-37-38-39-40-41-42-43-44-46-48-50-52-54-56-58-60-62-69(74)80-67(66-79-71(70(75)76)77-64-63-72(3,4)5)65-78-68(73)61-59-57-55-53-51-49-47-45-25-23-21-19-17-15-13-11-9-7-2/h8,10,14,16-17,19-20,22-23,25-27,29-30,32-33,67,71H,6-7,9,11-13,15,18,21,24,28,31,34-66H2,1-5H3/p+1/b10-8-,16-14-,19-17-,22-20-,25-23-,27-26-,30-29-,33-32-. The third kappa shape index (κ3) is 61.8. The molecule has 0 spiro atoms. The number of aliphatic carboxylic acids is 1. The molecule has 0 bridgehead atoms. The number of rotatable bonds is 60. The van der Waals surface area contributed by atoms with Gasteiger partial charge < -0.3 is 28.5 Å². The molecule has 0 aliphatic rings. The van der Waals surface area contributed by atoms with Gasteiger partial charge in [-0.05, 0) is 96.3 Å². The molecule has 0 aliphatic carbocycles. The van der Waals surface area contributed by atoms with Crippen molar-refractivity contribution in [2.45, 2.75) is 289 Å². The topological polar surface area (TPSA) is 108 Å². The fraction of sp³-hybridized carbons (Fsp3) is 0.732. The van der Waals surface area contributed by atoms with E-state index in [4.69, 9.17) is 18.9 Å². The monoisotopic (exact) mass is 1120 g/mol. The molecule has 0 amide bonds. The normalized spacial score (nSPS) is 13.4. The van der Waals surface area contributed by atoms with Crippen molar-refractivity contribution in [1.82, 2.24) is 0 Å². The first-order valence-electron chi connectivity index (χ1n) is 32.9. The Labute approximate surface area is 492 Å². The molecule has 0 rings (SSSR count). The number of carbonyl (C=O) groups is 3. The second-order valence-corrected chi connectivity index (χ2v) is 23.0. The zero-order chi connectivity index (χ0) is 58.3. The van der Waals surface area contributed by atoms with Gasteiger partial charge in [-0.2, -0.15) is 0 Å². The fourth-order valence-corrected chi connectivity index (χ4v) is 9.05. The van der Waals surface area contributed by atoms with Crippen LogP contribution in [0.1, 0.15) is 277 Å². The van der Waals surface area contributed by atoms with Crippen LogP contribution < -0.4 is 0 Å². The zero-order valence-corrected chi connectivity index (χ0v) is 52.5. The molecule has 9 nitrogen and oxygen atoms in total. The number of quaternary nitrogens is 1. The number of unbranched alkanes of at least 4 members (excludes halogenated alkanes) is 29. The van der Waals surface area contributed by atoms with E-state index in [0.717, 1.165) is 96.3 Å². The van der Waals surface area contributed by atoms with E-state index in [1.54, 1.807) is 0 Å². The first-order chi connectivity index (χ1) is 39.1. The molecule has 0 aromatic rings. The van der Waals surface area contributed by atoms with Gasteiger partial charge in [-0.1, -0.05) is 265 Å². The van der Waals surface area contributed by atoms with Gasteiger partial charge in [-0.25, -0.2) is 4.79 Å².